The molecule has 2 amide bonds. The molecule has 0 radical (unpaired) electrons. The van der Waals surface area contributed by atoms with E-state index in [9.17, 15) is 9.18 Å². The van der Waals surface area contributed by atoms with Crippen LogP contribution >= 0.6 is 0 Å². The molecule has 0 atom stereocenters. The fourth-order valence-corrected chi connectivity index (χ4v) is 3.97. The predicted molar refractivity (Wildman–Crippen MR) is 116 cm³/mol. The Morgan fingerprint density at radius 1 is 0.767 bits per heavy atom. The molecule has 2 N–H and O–H groups in total. The van der Waals surface area contributed by atoms with Crippen LogP contribution < -0.4 is 10.6 Å². The first-order chi connectivity index (χ1) is 14.7. The summed E-state index contributed by atoms with van der Waals surface area (Å²) < 4.78 is 14.3. The summed E-state index contributed by atoms with van der Waals surface area (Å²) in [6, 6.07) is 25.3. The third-order valence-corrected chi connectivity index (χ3v) is 5.29. The van der Waals surface area contributed by atoms with E-state index in [4.69, 9.17) is 0 Å². The van der Waals surface area contributed by atoms with Crippen LogP contribution in [0.1, 0.15) is 17.2 Å². The normalized spacial score (nSPS) is 12.2. The second-order valence-electron chi connectivity index (χ2n) is 7.09. The Hall–Kier alpha value is -3.99. The molecule has 0 saturated carbocycles. The van der Waals surface area contributed by atoms with E-state index < -0.39 is 5.82 Å². The van der Waals surface area contributed by atoms with Crippen molar-refractivity contribution in [3.8, 4) is 22.4 Å². The minimum atomic E-state index is -0.390. The number of nitrogens with one attached hydrogen (secondary N) is 2. The Morgan fingerprint density at radius 2 is 1.37 bits per heavy atom. The van der Waals surface area contributed by atoms with Gasteiger partial charge in [0, 0.05) is 11.8 Å². The van der Waals surface area contributed by atoms with Crippen LogP contribution in [0.3, 0.4) is 0 Å². The molecule has 0 unspecified atom stereocenters. The first-order valence-corrected chi connectivity index (χ1v) is 9.68. The van der Waals surface area contributed by atoms with Gasteiger partial charge in [-0.1, -0.05) is 60.7 Å². The van der Waals surface area contributed by atoms with Gasteiger partial charge in [0.15, 0.2) is 0 Å². The highest BCUT2D eigenvalue weighted by Crippen LogP contribution is 2.43. The molecule has 0 spiro atoms. The SMILES string of the molecule is O=C(Nc1cccnc1-c1ccccc1F)NC1c2ccccc2-c2ccccc21. The van der Waals surface area contributed by atoms with Crippen molar-refractivity contribution < 1.29 is 9.18 Å². The number of fused-ring (bicyclic) bond motifs is 3. The molecular weight excluding hydrogens is 377 g/mol. The van der Waals surface area contributed by atoms with Gasteiger partial charge in [-0.3, -0.25) is 4.98 Å². The van der Waals surface area contributed by atoms with Crippen LogP contribution in [-0.4, -0.2) is 11.0 Å². The molecular formula is C25H18FN3O. The molecule has 0 aliphatic heterocycles. The lowest BCUT2D eigenvalue weighted by molar-refractivity contribution is 0.250. The number of anilines is 1. The van der Waals surface area contributed by atoms with Crippen molar-refractivity contribution in [3.05, 3.63) is 108 Å². The van der Waals surface area contributed by atoms with Gasteiger partial charge in [0.25, 0.3) is 0 Å². The van der Waals surface area contributed by atoms with Crippen LogP contribution in [0, 0.1) is 5.82 Å². The van der Waals surface area contributed by atoms with Crippen LogP contribution in [0.5, 0.6) is 0 Å². The van der Waals surface area contributed by atoms with E-state index >= 15 is 0 Å². The molecule has 1 heterocycles. The van der Waals surface area contributed by atoms with Gasteiger partial charge >= 0.3 is 6.03 Å². The van der Waals surface area contributed by atoms with Crippen molar-refractivity contribution in [2.45, 2.75) is 6.04 Å². The number of aromatic nitrogens is 1. The van der Waals surface area contributed by atoms with E-state index in [2.05, 4.69) is 27.8 Å². The fourth-order valence-electron chi connectivity index (χ4n) is 3.97. The summed E-state index contributed by atoms with van der Waals surface area (Å²) in [4.78, 5) is 17.2. The maximum absolute atomic E-state index is 14.3. The average molecular weight is 395 g/mol. The first kappa shape index (κ1) is 18.1. The Kier molecular flexibility index (Phi) is 4.48. The zero-order chi connectivity index (χ0) is 20.5. The van der Waals surface area contributed by atoms with Crippen molar-refractivity contribution in [3.63, 3.8) is 0 Å². The van der Waals surface area contributed by atoms with Crippen molar-refractivity contribution >= 4 is 11.7 Å². The third-order valence-electron chi connectivity index (χ3n) is 5.29. The molecule has 4 aromatic rings. The predicted octanol–water partition coefficient (Wildman–Crippen LogP) is 5.78. The molecule has 1 aromatic heterocycles. The Morgan fingerprint density at radius 3 is 2.03 bits per heavy atom. The van der Waals surface area contributed by atoms with Gasteiger partial charge in [-0.25, -0.2) is 9.18 Å². The summed E-state index contributed by atoms with van der Waals surface area (Å²) in [5.74, 6) is -0.390. The summed E-state index contributed by atoms with van der Waals surface area (Å²) in [6.45, 7) is 0. The number of nitrogens with zero attached hydrogens (tertiary/aromatic N) is 1. The molecule has 30 heavy (non-hydrogen) atoms. The van der Waals surface area contributed by atoms with Gasteiger partial charge < -0.3 is 10.6 Å². The summed E-state index contributed by atoms with van der Waals surface area (Å²) >= 11 is 0. The number of halogens is 1. The summed E-state index contributed by atoms with van der Waals surface area (Å²) in [5, 5.41) is 5.91. The highest BCUT2D eigenvalue weighted by atomic mass is 19.1. The summed E-state index contributed by atoms with van der Waals surface area (Å²) in [5.41, 5.74) is 5.50. The van der Waals surface area contributed by atoms with Crippen molar-refractivity contribution in [2.75, 3.05) is 5.32 Å². The van der Waals surface area contributed by atoms with Crippen LogP contribution in [0.2, 0.25) is 0 Å². The topological polar surface area (TPSA) is 54.0 Å². The number of amides is 2. The second-order valence-corrected chi connectivity index (χ2v) is 7.09. The van der Waals surface area contributed by atoms with Gasteiger partial charge in [-0.15, -0.1) is 0 Å². The first-order valence-electron chi connectivity index (χ1n) is 9.68. The molecule has 1 aliphatic carbocycles. The highest BCUT2D eigenvalue weighted by Gasteiger charge is 2.29. The van der Waals surface area contributed by atoms with E-state index in [0.717, 1.165) is 22.3 Å². The lowest BCUT2D eigenvalue weighted by Crippen LogP contribution is -2.32. The van der Waals surface area contributed by atoms with E-state index in [-0.39, 0.29) is 12.1 Å². The summed E-state index contributed by atoms with van der Waals surface area (Å²) in [7, 11) is 0. The zero-order valence-electron chi connectivity index (χ0n) is 16.0. The molecule has 5 heteroatoms. The van der Waals surface area contributed by atoms with E-state index in [0.29, 0.717) is 16.9 Å². The highest BCUT2D eigenvalue weighted by molar-refractivity contribution is 5.94. The smallest absolute Gasteiger partial charge is 0.320 e. The minimum absolute atomic E-state index is 0.258. The monoisotopic (exact) mass is 395 g/mol. The molecule has 3 aromatic carbocycles. The lowest BCUT2D eigenvalue weighted by atomic mass is 10.1. The molecule has 0 fully saturated rings. The van der Waals surface area contributed by atoms with Crippen molar-refractivity contribution in [1.29, 1.82) is 0 Å². The van der Waals surface area contributed by atoms with Gasteiger partial charge in [0.2, 0.25) is 0 Å². The standard InChI is InChI=1S/C25H18FN3O/c26-21-13-6-5-12-20(21)24-22(14-7-15-27-24)28-25(30)29-23-18-10-3-1-8-16(18)17-9-2-4-11-19(17)23/h1-15,23H,(H2,28,29,30). The number of pyridine rings is 1. The number of benzene rings is 3. The number of urea groups is 1. The summed E-state index contributed by atoms with van der Waals surface area (Å²) in [6.07, 6.45) is 1.58. The number of hydrogen-bond donors (Lipinski definition) is 2. The number of rotatable bonds is 3. The quantitative estimate of drug-likeness (QED) is 0.462. The van der Waals surface area contributed by atoms with Crippen LogP contribution in [0.25, 0.3) is 22.4 Å². The molecule has 0 saturated heterocycles. The molecule has 146 valence electrons. The minimum Gasteiger partial charge on any atom is -0.327 e. The molecule has 0 bridgehead atoms. The van der Waals surface area contributed by atoms with Crippen molar-refractivity contribution in [2.24, 2.45) is 0 Å². The molecule has 1 aliphatic rings. The Balaban J connectivity index is 1.44. The third kappa shape index (κ3) is 3.10. The van der Waals surface area contributed by atoms with Gasteiger partial charge in [0.05, 0.1) is 17.4 Å². The van der Waals surface area contributed by atoms with Crippen LogP contribution in [0.15, 0.2) is 91.1 Å². The number of carbonyl (C=O) groups excluding carboxylic acids is 1. The van der Waals surface area contributed by atoms with Crippen LogP contribution in [-0.2, 0) is 0 Å². The van der Waals surface area contributed by atoms with E-state index in [1.807, 2.05) is 36.4 Å². The maximum Gasteiger partial charge on any atom is 0.320 e. The molecule has 4 nitrogen and oxygen atoms in total. The van der Waals surface area contributed by atoms with Gasteiger partial charge in [-0.05, 0) is 46.5 Å². The van der Waals surface area contributed by atoms with E-state index in [1.165, 1.54) is 6.07 Å². The fraction of sp³-hybridized carbons (Fsp3) is 0.0400. The van der Waals surface area contributed by atoms with Gasteiger partial charge in [-0.2, -0.15) is 0 Å². The number of carbonyl (C=O) groups is 1. The van der Waals surface area contributed by atoms with Gasteiger partial charge in [0.1, 0.15) is 5.82 Å². The zero-order valence-corrected chi connectivity index (χ0v) is 16.0. The number of hydrogen-bond acceptors (Lipinski definition) is 2. The van der Waals surface area contributed by atoms with E-state index in [1.54, 1.807) is 36.5 Å². The Bertz CT molecular complexity index is 1210. The largest absolute Gasteiger partial charge is 0.327 e. The van der Waals surface area contributed by atoms with Crippen molar-refractivity contribution in [1.82, 2.24) is 10.3 Å². The maximum atomic E-state index is 14.3. The second kappa shape index (κ2) is 7.44. The lowest BCUT2D eigenvalue weighted by Gasteiger charge is -2.17. The van der Waals surface area contributed by atoms with Crippen LogP contribution in [0.4, 0.5) is 14.9 Å². The average Bonchev–Trinajstić information content (AvgIpc) is 3.09. The Labute approximate surface area is 173 Å². The molecule has 5 rings (SSSR count).